The zero-order chi connectivity index (χ0) is 16.2. The maximum Gasteiger partial charge on any atom is 0.307 e. The van der Waals surface area contributed by atoms with E-state index in [4.69, 9.17) is 0 Å². The van der Waals surface area contributed by atoms with E-state index in [0.717, 1.165) is 5.69 Å². The van der Waals surface area contributed by atoms with Gasteiger partial charge < -0.3 is 10.4 Å². The number of nitrogens with one attached hydrogen (secondary N) is 1. The molecule has 0 bridgehead atoms. The van der Waals surface area contributed by atoms with Gasteiger partial charge in [-0.3, -0.25) is 9.59 Å². The van der Waals surface area contributed by atoms with Crippen LogP contribution in [0, 0.1) is 11.8 Å². The molecular formula is C16H16N4O3. The number of nitrogens with zero attached hydrogens (tertiary/aromatic N) is 3. The predicted molar refractivity (Wildman–Crippen MR) is 83.0 cm³/mol. The first kappa shape index (κ1) is 15.0. The number of benzene rings is 1. The molecular weight excluding hydrogens is 296 g/mol. The van der Waals surface area contributed by atoms with Gasteiger partial charge in [0.15, 0.2) is 0 Å². The Morgan fingerprint density at radius 3 is 2.26 bits per heavy atom. The van der Waals surface area contributed by atoms with E-state index in [1.54, 1.807) is 36.7 Å². The van der Waals surface area contributed by atoms with Gasteiger partial charge in [0.2, 0.25) is 5.91 Å². The van der Waals surface area contributed by atoms with E-state index in [2.05, 4.69) is 15.5 Å². The van der Waals surface area contributed by atoms with Crippen molar-refractivity contribution in [2.45, 2.75) is 12.8 Å². The Morgan fingerprint density at radius 1 is 1.04 bits per heavy atom. The second-order valence-corrected chi connectivity index (χ2v) is 5.35. The van der Waals surface area contributed by atoms with Crippen LogP contribution in [0.1, 0.15) is 12.8 Å². The second kappa shape index (κ2) is 6.43. The third kappa shape index (κ3) is 3.28. The van der Waals surface area contributed by atoms with Crippen molar-refractivity contribution in [1.29, 1.82) is 0 Å². The Hall–Kier alpha value is -2.96. The number of anilines is 1. The summed E-state index contributed by atoms with van der Waals surface area (Å²) in [6, 6.07) is 7.05. The molecule has 1 aromatic heterocycles. The molecule has 3 rings (SSSR count). The predicted octanol–water partition coefficient (Wildman–Crippen LogP) is 1.87. The van der Waals surface area contributed by atoms with E-state index in [1.165, 1.54) is 4.80 Å². The lowest BCUT2D eigenvalue weighted by atomic mass is 9.82. The van der Waals surface area contributed by atoms with E-state index in [0.29, 0.717) is 18.5 Å². The van der Waals surface area contributed by atoms with Crippen molar-refractivity contribution in [2.24, 2.45) is 11.8 Å². The number of aliphatic carboxylic acids is 1. The number of carboxylic acids is 1. The number of amides is 1. The average Bonchev–Trinajstić information content (AvgIpc) is 3.10. The van der Waals surface area contributed by atoms with Crippen molar-refractivity contribution in [3.05, 3.63) is 48.8 Å². The van der Waals surface area contributed by atoms with Crippen LogP contribution >= 0.6 is 0 Å². The third-order valence-electron chi connectivity index (χ3n) is 3.87. The highest BCUT2D eigenvalue weighted by atomic mass is 16.4. The smallest absolute Gasteiger partial charge is 0.307 e. The molecule has 1 aliphatic rings. The number of carbonyl (C=O) groups excluding carboxylic acids is 1. The van der Waals surface area contributed by atoms with Crippen LogP contribution < -0.4 is 5.32 Å². The van der Waals surface area contributed by atoms with Gasteiger partial charge in [0.05, 0.1) is 29.9 Å². The molecule has 1 aliphatic carbocycles. The van der Waals surface area contributed by atoms with Crippen molar-refractivity contribution >= 4 is 17.6 Å². The minimum atomic E-state index is -0.936. The van der Waals surface area contributed by atoms with Gasteiger partial charge in [-0.15, -0.1) is 0 Å². The van der Waals surface area contributed by atoms with Crippen molar-refractivity contribution in [2.75, 3.05) is 5.32 Å². The molecule has 118 valence electrons. The van der Waals surface area contributed by atoms with E-state index in [-0.39, 0.29) is 5.91 Å². The first-order chi connectivity index (χ1) is 11.1. The van der Waals surface area contributed by atoms with E-state index in [1.807, 2.05) is 12.2 Å². The molecule has 0 saturated carbocycles. The Balaban J connectivity index is 1.70. The van der Waals surface area contributed by atoms with Crippen LogP contribution in [-0.2, 0) is 9.59 Å². The molecule has 2 atom stereocenters. The Morgan fingerprint density at radius 2 is 1.65 bits per heavy atom. The molecule has 2 N–H and O–H groups in total. The first-order valence-corrected chi connectivity index (χ1v) is 7.30. The van der Waals surface area contributed by atoms with Crippen LogP contribution in [0.5, 0.6) is 0 Å². The molecule has 1 amide bonds. The molecule has 1 aromatic carbocycles. The van der Waals surface area contributed by atoms with Gasteiger partial charge in [-0.2, -0.15) is 15.0 Å². The third-order valence-corrected chi connectivity index (χ3v) is 3.87. The normalized spacial score (nSPS) is 20.2. The highest BCUT2D eigenvalue weighted by Crippen LogP contribution is 2.27. The number of allylic oxidation sites excluding steroid dienone is 2. The maximum atomic E-state index is 12.4. The van der Waals surface area contributed by atoms with Gasteiger partial charge in [-0.25, -0.2) is 0 Å². The number of hydrogen-bond acceptors (Lipinski definition) is 4. The summed E-state index contributed by atoms with van der Waals surface area (Å²) < 4.78 is 0. The number of carbonyl (C=O) groups is 2. The van der Waals surface area contributed by atoms with E-state index < -0.39 is 17.8 Å². The van der Waals surface area contributed by atoms with Crippen molar-refractivity contribution in [3.63, 3.8) is 0 Å². The van der Waals surface area contributed by atoms with Crippen LogP contribution in [0.15, 0.2) is 48.8 Å². The number of hydrogen-bond donors (Lipinski definition) is 2. The maximum absolute atomic E-state index is 12.4. The Bertz CT molecular complexity index is 722. The minimum Gasteiger partial charge on any atom is -0.481 e. The number of carboxylic acid groups (broad SMARTS) is 1. The van der Waals surface area contributed by atoms with E-state index in [9.17, 15) is 14.7 Å². The van der Waals surface area contributed by atoms with Gasteiger partial charge in [-0.1, -0.05) is 12.2 Å². The molecule has 0 aliphatic heterocycles. The van der Waals surface area contributed by atoms with Gasteiger partial charge in [0.25, 0.3) is 0 Å². The van der Waals surface area contributed by atoms with Crippen molar-refractivity contribution in [3.8, 4) is 5.69 Å². The SMILES string of the molecule is O=C(O)C1CC=CCC1C(=O)Nc1ccc(-n2nccn2)cc1. The van der Waals surface area contributed by atoms with Crippen molar-refractivity contribution in [1.82, 2.24) is 15.0 Å². The molecule has 0 saturated heterocycles. The molecule has 1 heterocycles. The summed E-state index contributed by atoms with van der Waals surface area (Å²) in [5.74, 6) is -2.43. The standard InChI is InChI=1S/C16H16N4O3/c21-15(13-3-1-2-4-14(13)16(22)23)19-11-5-7-12(8-6-11)20-17-9-10-18-20/h1-2,5-10,13-14H,3-4H2,(H,19,21)(H,22,23). The fourth-order valence-corrected chi connectivity index (χ4v) is 2.64. The van der Waals surface area contributed by atoms with E-state index >= 15 is 0 Å². The van der Waals surface area contributed by atoms with Gasteiger partial charge in [0.1, 0.15) is 0 Å². The Labute approximate surface area is 132 Å². The second-order valence-electron chi connectivity index (χ2n) is 5.35. The summed E-state index contributed by atoms with van der Waals surface area (Å²) in [6.45, 7) is 0. The van der Waals surface area contributed by atoms with Crippen LogP contribution in [0.25, 0.3) is 5.69 Å². The Kier molecular flexibility index (Phi) is 4.18. The molecule has 0 fully saturated rings. The van der Waals surface area contributed by atoms with Gasteiger partial charge >= 0.3 is 5.97 Å². The summed E-state index contributed by atoms with van der Waals surface area (Å²) in [4.78, 5) is 25.1. The first-order valence-electron chi connectivity index (χ1n) is 7.30. The van der Waals surface area contributed by atoms with Crippen molar-refractivity contribution < 1.29 is 14.7 Å². The summed E-state index contributed by atoms with van der Waals surface area (Å²) in [7, 11) is 0. The summed E-state index contributed by atoms with van der Waals surface area (Å²) in [5, 5.41) is 20.1. The highest BCUT2D eigenvalue weighted by molar-refractivity contribution is 5.95. The average molecular weight is 312 g/mol. The summed E-state index contributed by atoms with van der Waals surface area (Å²) >= 11 is 0. The zero-order valence-electron chi connectivity index (χ0n) is 12.3. The lowest BCUT2D eigenvalue weighted by Gasteiger charge is -2.24. The molecule has 2 aromatic rings. The van der Waals surface area contributed by atoms with Gasteiger partial charge in [-0.05, 0) is 37.1 Å². The van der Waals surface area contributed by atoms with Gasteiger partial charge in [0, 0.05) is 5.69 Å². The molecule has 0 spiro atoms. The fraction of sp³-hybridized carbons (Fsp3) is 0.250. The summed E-state index contributed by atoms with van der Waals surface area (Å²) in [5.41, 5.74) is 1.39. The molecule has 0 radical (unpaired) electrons. The topological polar surface area (TPSA) is 97.1 Å². The quantitative estimate of drug-likeness (QED) is 0.840. The molecule has 7 heteroatoms. The molecule has 7 nitrogen and oxygen atoms in total. The molecule has 23 heavy (non-hydrogen) atoms. The van der Waals surface area contributed by atoms with Crippen LogP contribution in [0.2, 0.25) is 0 Å². The lowest BCUT2D eigenvalue weighted by Crippen LogP contribution is -2.34. The van der Waals surface area contributed by atoms with Crippen LogP contribution in [-0.4, -0.2) is 32.0 Å². The fourth-order valence-electron chi connectivity index (χ4n) is 2.64. The number of rotatable bonds is 4. The lowest BCUT2D eigenvalue weighted by molar-refractivity contribution is -0.146. The minimum absolute atomic E-state index is 0.272. The number of aromatic nitrogens is 3. The largest absolute Gasteiger partial charge is 0.481 e. The molecule has 2 unspecified atom stereocenters. The zero-order valence-corrected chi connectivity index (χ0v) is 12.3. The van der Waals surface area contributed by atoms with Crippen LogP contribution in [0.3, 0.4) is 0 Å². The summed E-state index contributed by atoms with van der Waals surface area (Å²) in [6.07, 6.45) is 7.66. The van der Waals surface area contributed by atoms with Crippen LogP contribution in [0.4, 0.5) is 5.69 Å². The highest BCUT2D eigenvalue weighted by Gasteiger charge is 2.33. The monoisotopic (exact) mass is 312 g/mol.